The summed E-state index contributed by atoms with van der Waals surface area (Å²) in [7, 11) is 0. The van der Waals surface area contributed by atoms with E-state index < -0.39 is 17.4 Å². The van der Waals surface area contributed by atoms with Crippen LogP contribution in [0.3, 0.4) is 0 Å². The number of nitro benzene ring substituents is 1. The Hall–Kier alpha value is -2.29. The molecular weight excluding hydrogens is 288 g/mol. The van der Waals surface area contributed by atoms with Crippen LogP contribution in [0.25, 0.3) is 0 Å². The molecule has 1 N–H and O–H groups in total. The van der Waals surface area contributed by atoms with E-state index in [1.54, 1.807) is 0 Å². The highest BCUT2D eigenvalue weighted by Gasteiger charge is 2.25. The molecule has 0 atom stereocenters. The average Bonchev–Trinajstić information content (AvgIpc) is 2.47. The van der Waals surface area contributed by atoms with Crippen molar-refractivity contribution in [2.45, 2.75) is 6.61 Å². The fourth-order valence-corrected chi connectivity index (χ4v) is 2.04. The van der Waals surface area contributed by atoms with E-state index in [1.807, 2.05) is 0 Å². The van der Waals surface area contributed by atoms with E-state index in [-0.39, 0.29) is 17.0 Å². The predicted octanol–water partition coefficient (Wildman–Crippen LogP) is 1.24. The predicted molar refractivity (Wildman–Crippen MR) is 68.5 cm³/mol. The van der Waals surface area contributed by atoms with Gasteiger partial charge in [-0.15, -0.1) is 0 Å². The van der Waals surface area contributed by atoms with Crippen molar-refractivity contribution in [3.8, 4) is 5.75 Å². The van der Waals surface area contributed by atoms with Gasteiger partial charge in [-0.1, -0.05) is 0 Å². The van der Waals surface area contributed by atoms with Crippen molar-refractivity contribution in [2.75, 3.05) is 26.2 Å². The number of piperazine rings is 1. The van der Waals surface area contributed by atoms with Crippen molar-refractivity contribution in [1.82, 2.24) is 10.2 Å². The first-order valence-electron chi connectivity index (χ1n) is 6.22. The topological polar surface area (TPSA) is 84.7 Å². The number of hydrogen-bond donors (Lipinski definition) is 1. The molecule has 1 aliphatic heterocycles. The Labute approximate surface area is 118 Å². The number of hydrogen-bond acceptors (Lipinski definition) is 5. The second-order valence-electron chi connectivity index (χ2n) is 4.36. The van der Waals surface area contributed by atoms with Crippen molar-refractivity contribution in [2.24, 2.45) is 0 Å². The van der Waals surface area contributed by atoms with Gasteiger partial charge in [-0.2, -0.15) is 8.78 Å². The normalized spacial score (nSPS) is 15.1. The number of nitro groups is 1. The number of carbonyl (C=O) groups is 1. The van der Waals surface area contributed by atoms with E-state index in [9.17, 15) is 23.7 Å². The number of amides is 1. The van der Waals surface area contributed by atoms with Gasteiger partial charge in [0.25, 0.3) is 11.6 Å². The van der Waals surface area contributed by atoms with E-state index in [0.29, 0.717) is 26.2 Å². The molecule has 0 saturated carbocycles. The van der Waals surface area contributed by atoms with Crippen molar-refractivity contribution in [3.63, 3.8) is 0 Å². The number of carbonyl (C=O) groups excluding carboxylic acids is 1. The lowest BCUT2D eigenvalue weighted by atomic mass is 10.1. The van der Waals surface area contributed by atoms with Crippen molar-refractivity contribution < 1.29 is 23.2 Å². The molecule has 0 spiro atoms. The van der Waals surface area contributed by atoms with Crippen LogP contribution in [0.15, 0.2) is 18.2 Å². The summed E-state index contributed by atoms with van der Waals surface area (Å²) < 4.78 is 29.0. The minimum Gasteiger partial charge on any atom is -0.434 e. The van der Waals surface area contributed by atoms with Crippen LogP contribution in [0.4, 0.5) is 14.5 Å². The molecule has 1 aromatic carbocycles. The summed E-state index contributed by atoms with van der Waals surface area (Å²) in [5.74, 6) is -0.921. The third-order valence-corrected chi connectivity index (χ3v) is 3.02. The molecule has 7 nitrogen and oxygen atoms in total. The zero-order valence-electron chi connectivity index (χ0n) is 10.9. The summed E-state index contributed by atoms with van der Waals surface area (Å²) in [5, 5.41) is 13.8. The molecule has 1 saturated heterocycles. The van der Waals surface area contributed by atoms with E-state index in [1.165, 1.54) is 4.90 Å². The molecule has 1 fully saturated rings. The van der Waals surface area contributed by atoms with Gasteiger partial charge in [0.15, 0.2) is 0 Å². The molecule has 0 unspecified atom stereocenters. The highest BCUT2D eigenvalue weighted by atomic mass is 19.3. The SMILES string of the molecule is O=C(c1cc([N+](=O)[O-])ccc1OC(F)F)N1CCNCC1. The number of ether oxygens (including phenoxy) is 1. The Kier molecular flexibility index (Phi) is 4.63. The lowest BCUT2D eigenvalue weighted by molar-refractivity contribution is -0.384. The van der Waals surface area contributed by atoms with Gasteiger partial charge in [-0.3, -0.25) is 14.9 Å². The lowest BCUT2D eigenvalue weighted by Crippen LogP contribution is -2.46. The Morgan fingerprint density at radius 3 is 2.62 bits per heavy atom. The highest BCUT2D eigenvalue weighted by molar-refractivity contribution is 5.97. The molecule has 0 aromatic heterocycles. The molecular formula is C12H13F2N3O4. The van der Waals surface area contributed by atoms with Crippen LogP contribution in [-0.4, -0.2) is 48.5 Å². The van der Waals surface area contributed by atoms with Gasteiger partial charge in [-0.05, 0) is 6.07 Å². The molecule has 1 amide bonds. The maximum atomic E-state index is 12.4. The molecule has 0 aliphatic carbocycles. The van der Waals surface area contributed by atoms with E-state index in [0.717, 1.165) is 18.2 Å². The second kappa shape index (κ2) is 6.44. The Bertz CT molecular complexity index is 547. The third-order valence-electron chi connectivity index (χ3n) is 3.02. The summed E-state index contributed by atoms with van der Waals surface area (Å²) in [4.78, 5) is 23.8. The van der Waals surface area contributed by atoms with E-state index >= 15 is 0 Å². The number of rotatable bonds is 4. The number of nitrogens with one attached hydrogen (secondary N) is 1. The highest BCUT2D eigenvalue weighted by Crippen LogP contribution is 2.27. The Morgan fingerprint density at radius 1 is 1.38 bits per heavy atom. The summed E-state index contributed by atoms with van der Waals surface area (Å²) in [5.41, 5.74) is -0.582. The minimum absolute atomic E-state index is 0.230. The Balaban J connectivity index is 2.34. The first-order valence-corrected chi connectivity index (χ1v) is 6.22. The quantitative estimate of drug-likeness (QED) is 0.668. The Morgan fingerprint density at radius 2 is 2.05 bits per heavy atom. The third kappa shape index (κ3) is 3.63. The van der Waals surface area contributed by atoms with Crippen LogP contribution in [0, 0.1) is 10.1 Å². The van der Waals surface area contributed by atoms with E-state index in [4.69, 9.17) is 0 Å². The zero-order chi connectivity index (χ0) is 15.4. The zero-order valence-corrected chi connectivity index (χ0v) is 10.9. The first-order chi connectivity index (χ1) is 9.99. The van der Waals surface area contributed by atoms with Gasteiger partial charge >= 0.3 is 6.61 Å². The molecule has 1 aliphatic rings. The largest absolute Gasteiger partial charge is 0.434 e. The fraction of sp³-hybridized carbons (Fsp3) is 0.417. The standard InChI is InChI=1S/C12H13F2N3O4/c13-12(14)21-10-2-1-8(17(19)20)7-9(10)11(18)16-5-3-15-4-6-16/h1-2,7,12,15H,3-6H2. The lowest BCUT2D eigenvalue weighted by Gasteiger charge is -2.27. The number of non-ortho nitro benzene ring substituents is 1. The maximum absolute atomic E-state index is 12.4. The number of alkyl halides is 2. The van der Waals surface area contributed by atoms with Crippen LogP contribution in [0.1, 0.15) is 10.4 Å². The van der Waals surface area contributed by atoms with Gasteiger partial charge < -0.3 is 15.0 Å². The van der Waals surface area contributed by atoms with Gasteiger partial charge in [0, 0.05) is 38.3 Å². The molecule has 1 heterocycles. The fourth-order valence-electron chi connectivity index (χ4n) is 2.04. The minimum atomic E-state index is -3.11. The summed E-state index contributed by atoms with van der Waals surface area (Å²) in [6, 6.07) is 2.99. The van der Waals surface area contributed by atoms with Gasteiger partial charge in [-0.25, -0.2) is 0 Å². The molecule has 1 aromatic rings. The average molecular weight is 301 g/mol. The van der Waals surface area contributed by atoms with Crippen LogP contribution >= 0.6 is 0 Å². The van der Waals surface area contributed by atoms with Crippen LogP contribution < -0.4 is 10.1 Å². The second-order valence-corrected chi connectivity index (χ2v) is 4.36. The maximum Gasteiger partial charge on any atom is 0.387 e. The van der Waals surface area contributed by atoms with E-state index in [2.05, 4.69) is 10.1 Å². The molecule has 0 radical (unpaired) electrons. The monoisotopic (exact) mass is 301 g/mol. The summed E-state index contributed by atoms with van der Waals surface area (Å²) in [6.07, 6.45) is 0. The van der Waals surface area contributed by atoms with Gasteiger partial charge in [0.2, 0.25) is 0 Å². The summed E-state index contributed by atoms with van der Waals surface area (Å²) >= 11 is 0. The molecule has 21 heavy (non-hydrogen) atoms. The molecule has 114 valence electrons. The van der Waals surface area contributed by atoms with Crippen LogP contribution in [-0.2, 0) is 0 Å². The van der Waals surface area contributed by atoms with Gasteiger partial charge in [0.1, 0.15) is 5.75 Å². The number of benzene rings is 1. The smallest absolute Gasteiger partial charge is 0.387 e. The molecule has 2 rings (SSSR count). The van der Waals surface area contributed by atoms with Crippen molar-refractivity contribution >= 4 is 11.6 Å². The van der Waals surface area contributed by atoms with Gasteiger partial charge in [0.05, 0.1) is 10.5 Å². The first kappa shape index (κ1) is 15.1. The van der Waals surface area contributed by atoms with Crippen molar-refractivity contribution in [3.05, 3.63) is 33.9 Å². The molecule has 9 heteroatoms. The van der Waals surface area contributed by atoms with Crippen LogP contribution in [0.5, 0.6) is 5.75 Å². The van der Waals surface area contributed by atoms with Crippen molar-refractivity contribution in [1.29, 1.82) is 0 Å². The molecule has 0 bridgehead atoms. The number of halogens is 2. The van der Waals surface area contributed by atoms with Crippen LogP contribution in [0.2, 0.25) is 0 Å². The summed E-state index contributed by atoms with van der Waals surface area (Å²) in [6.45, 7) is -1.16. The number of nitrogens with zero attached hydrogens (tertiary/aromatic N) is 2.